The Kier molecular flexibility index (Phi) is 2.59. The Morgan fingerprint density at radius 2 is 1.93 bits per heavy atom. The third kappa shape index (κ3) is 1.82. The van der Waals surface area contributed by atoms with Crippen LogP contribution in [-0.2, 0) is 0 Å². The molecule has 0 bridgehead atoms. The molecular formula is C11H10F2S. The molecule has 1 aliphatic carbocycles. The molecule has 0 radical (unpaired) electrons. The Morgan fingerprint density at radius 1 is 1.29 bits per heavy atom. The first-order valence-corrected chi connectivity index (χ1v) is 5.02. The van der Waals surface area contributed by atoms with Crippen LogP contribution < -0.4 is 0 Å². The van der Waals surface area contributed by atoms with E-state index in [4.69, 9.17) is 12.2 Å². The van der Waals surface area contributed by atoms with Crippen LogP contribution >= 0.6 is 12.2 Å². The monoisotopic (exact) mass is 212 g/mol. The molecule has 0 unspecified atom stereocenters. The van der Waals surface area contributed by atoms with Gasteiger partial charge in [-0.3, -0.25) is 0 Å². The van der Waals surface area contributed by atoms with Gasteiger partial charge in [0.2, 0.25) is 0 Å². The molecule has 1 aromatic carbocycles. The Hall–Kier alpha value is -0.830. The lowest BCUT2D eigenvalue weighted by molar-refractivity contribution is 0.229. The minimum atomic E-state index is -2.52. The summed E-state index contributed by atoms with van der Waals surface area (Å²) in [6.07, 6.45) is -0.323. The van der Waals surface area contributed by atoms with Crippen molar-refractivity contribution in [3.05, 3.63) is 35.4 Å². The fourth-order valence-corrected chi connectivity index (χ4v) is 1.78. The van der Waals surface area contributed by atoms with Crippen molar-refractivity contribution < 1.29 is 8.78 Å². The number of benzene rings is 1. The lowest BCUT2D eigenvalue weighted by atomic mass is 10.0. The zero-order valence-electron chi connectivity index (χ0n) is 7.54. The lowest BCUT2D eigenvalue weighted by Crippen LogP contribution is -2.10. The topological polar surface area (TPSA) is 0 Å². The van der Waals surface area contributed by atoms with Crippen molar-refractivity contribution in [1.29, 1.82) is 0 Å². The van der Waals surface area contributed by atoms with E-state index < -0.39 is 6.43 Å². The molecule has 2 rings (SSSR count). The van der Waals surface area contributed by atoms with E-state index in [2.05, 4.69) is 0 Å². The maximum absolute atomic E-state index is 12.4. The lowest BCUT2D eigenvalue weighted by Gasteiger charge is -2.08. The van der Waals surface area contributed by atoms with Gasteiger partial charge >= 0.3 is 0 Å². The summed E-state index contributed by atoms with van der Waals surface area (Å²) in [5.41, 5.74) is 1.57. The second-order valence-corrected chi connectivity index (χ2v) is 3.97. The van der Waals surface area contributed by atoms with Crippen molar-refractivity contribution >= 4 is 17.1 Å². The molecule has 0 N–H and O–H groups in total. The highest BCUT2D eigenvalue weighted by Gasteiger charge is 2.28. The van der Waals surface area contributed by atoms with Gasteiger partial charge in [0.15, 0.2) is 0 Å². The predicted octanol–water partition coefficient (Wildman–Crippen LogP) is 3.55. The molecule has 1 aromatic rings. The number of hydrogen-bond acceptors (Lipinski definition) is 1. The predicted molar refractivity (Wildman–Crippen MR) is 56.1 cm³/mol. The van der Waals surface area contributed by atoms with E-state index in [1.165, 1.54) is 0 Å². The molecular weight excluding hydrogens is 202 g/mol. The van der Waals surface area contributed by atoms with Gasteiger partial charge < -0.3 is 0 Å². The van der Waals surface area contributed by atoms with E-state index >= 15 is 0 Å². The highest BCUT2D eigenvalue weighted by Crippen LogP contribution is 2.42. The molecule has 0 heterocycles. The third-order valence-corrected chi connectivity index (χ3v) is 2.84. The Morgan fingerprint density at radius 3 is 2.50 bits per heavy atom. The minimum absolute atomic E-state index is 0.215. The average molecular weight is 212 g/mol. The zero-order valence-corrected chi connectivity index (χ0v) is 8.36. The van der Waals surface area contributed by atoms with Crippen LogP contribution in [0.3, 0.4) is 0 Å². The maximum Gasteiger partial charge on any atom is 0.274 e. The van der Waals surface area contributed by atoms with Crippen LogP contribution in [0.5, 0.6) is 0 Å². The van der Waals surface area contributed by atoms with E-state index in [9.17, 15) is 8.78 Å². The summed E-state index contributed by atoms with van der Waals surface area (Å²) >= 11 is 4.73. The van der Waals surface area contributed by atoms with Gasteiger partial charge in [-0.25, -0.2) is 8.78 Å². The number of alkyl halides is 2. The van der Waals surface area contributed by atoms with E-state index in [0.717, 1.165) is 18.4 Å². The average Bonchev–Trinajstić information content (AvgIpc) is 3.00. The second-order valence-electron chi connectivity index (χ2n) is 3.53. The summed E-state index contributed by atoms with van der Waals surface area (Å²) in [4.78, 5) is -0.215. The van der Waals surface area contributed by atoms with Gasteiger partial charge in [0, 0.05) is 0 Å². The zero-order chi connectivity index (χ0) is 10.1. The van der Waals surface area contributed by atoms with Crippen LogP contribution in [-0.4, -0.2) is 11.3 Å². The molecule has 0 aromatic heterocycles. The summed E-state index contributed by atoms with van der Waals surface area (Å²) in [5, 5.41) is 0. The molecule has 74 valence electrons. The largest absolute Gasteiger partial charge is 0.274 e. The first-order chi connectivity index (χ1) is 6.70. The van der Waals surface area contributed by atoms with Crippen LogP contribution in [0, 0.1) is 0 Å². The fourth-order valence-electron chi connectivity index (χ4n) is 1.59. The van der Waals surface area contributed by atoms with E-state index in [1.807, 2.05) is 12.1 Å². The van der Waals surface area contributed by atoms with Gasteiger partial charge in [-0.2, -0.15) is 0 Å². The molecule has 0 aliphatic heterocycles. The van der Waals surface area contributed by atoms with Crippen molar-refractivity contribution in [3.8, 4) is 0 Å². The van der Waals surface area contributed by atoms with Crippen molar-refractivity contribution in [1.82, 2.24) is 0 Å². The summed E-state index contributed by atoms with van der Waals surface area (Å²) in [6.45, 7) is 0. The van der Waals surface area contributed by atoms with E-state index in [0.29, 0.717) is 11.5 Å². The van der Waals surface area contributed by atoms with Crippen LogP contribution in [0.4, 0.5) is 8.78 Å². The standard InChI is InChI=1S/C11H10F2S/c12-11(13)10(14)9-4-2-1-3-8(9)7-5-6-7/h1-4,7,11H,5-6H2. The normalized spacial score (nSPS) is 15.9. The first kappa shape index (κ1) is 9.71. The van der Waals surface area contributed by atoms with Crippen molar-refractivity contribution in [2.24, 2.45) is 0 Å². The van der Waals surface area contributed by atoms with Crippen molar-refractivity contribution in [2.75, 3.05) is 0 Å². The molecule has 0 nitrogen and oxygen atoms in total. The summed E-state index contributed by atoms with van der Waals surface area (Å²) in [5.74, 6) is 0.461. The summed E-state index contributed by atoms with van der Waals surface area (Å²) < 4.78 is 24.9. The van der Waals surface area contributed by atoms with Gasteiger partial charge in [0.05, 0.1) is 4.86 Å². The number of halogens is 2. The first-order valence-electron chi connectivity index (χ1n) is 4.61. The fraction of sp³-hybridized carbons (Fsp3) is 0.364. The van der Waals surface area contributed by atoms with E-state index in [1.54, 1.807) is 12.1 Å². The smallest absolute Gasteiger partial charge is 0.204 e. The van der Waals surface area contributed by atoms with Crippen LogP contribution in [0.15, 0.2) is 24.3 Å². The third-order valence-electron chi connectivity index (χ3n) is 2.44. The Balaban J connectivity index is 2.36. The number of hydrogen-bond donors (Lipinski definition) is 0. The summed E-state index contributed by atoms with van der Waals surface area (Å²) in [7, 11) is 0. The molecule has 0 saturated heterocycles. The van der Waals surface area contributed by atoms with Crippen molar-refractivity contribution in [2.45, 2.75) is 25.2 Å². The molecule has 0 atom stereocenters. The highest BCUT2D eigenvalue weighted by atomic mass is 32.1. The Bertz CT molecular complexity index is 356. The molecule has 0 spiro atoms. The molecule has 1 fully saturated rings. The van der Waals surface area contributed by atoms with Gasteiger partial charge in [-0.05, 0) is 29.9 Å². The second kappa shape index (κ2) is 3.73. The van der Waals surface area contributed by atoms with Gasteiger partial charge in [-0.1, -0.05) is 36.5 Å². The molecule has 14 heavy (non-hydrogen) atoms. The van der Waals surface area contributed by atoms with Crippen LogP contribution in [0.1, 0.15) is 29.9 Å². The van der Waals surface area contributed by atoms with E-state index in [-0.39, 0.29) is 4.86 Å². The molecule has 1 saturated carbocycles. The number of thiocarbonyl (C=S) groups is 1. The maximum atomic E-state index is 12.4. The van der Waals surface area contributed by atoms with Gasteiger partial charge in [0.25, 0.3) is 6.43 Å². The van der Waals surface area contributed by atoms with Crippen LogP contribution in [0.2, 0.25) is 0 Å². The molecule has 3 heteroatoms. The molecule has 1 aliphatic rings. The SMILES string of the molecule is FC(F)C(=S)c1ccccc1C1CC1. The Labute approximate surface area is 86.9 Å². The minimum Gasteiger partial charge on any atom is -0.204 e. The number of rotatable bonds is 3. The van der Waals surface area contributed by atoms with Gasteiger partial charge in [-0.15, -0.1) is 0 Å². The summed E-state index contributed by atoms with van der Waals surface area (Å²) in [6, 6.07) is 7.24. The highest BCUT2D eigenvalue weighted by molar-refractivity contribution is 7.81. The van der Waals surface area contributed by atoms with Gasteiger partial charge in [0.1, 0.15) is 0 Å². The van der Waals surface area contributed by atoms with Crippen LogP contribution in [0.25, 0.3) is 0 Å². The quantitative estimate of drug-likeness (QED) is 0.545. The molecule has 0 amide bonds. The van der Waals surface area contributed by atoms with Crippen molar-refractivity contribution in [3.63, 3.8) is 0 Å².